The van der Waals surface area contributed by atoms with Crippen LogP contribution in [0.5, 0.6) is 0 Å². The monoisotopic (exact) mass is 513 g/mol. The van der Waals surface area contributed by atoms with E-state index in [0.29, 0.717) is 29.5 Å². The van der Waals surface area contributed by atoms with Gasteiger partial charge in [-0.25, -0.2) is 4.98 Å². The molecule has 0 spiro atoms. The summed E-state index contributed by atoms with van der Waals surface area (Å²) in [7, 11) is 0. The summed E-state index contributed by atoms with van der Waals surface area (Å²) in [6, 6.07) is 9.69. The maximum absolute atomic E-state index is 12.4. The smallest absolute Gasteiger partial charge is 0.283 e. The van der Waals surface area contributed by atoms with Crippen LogP contribution in [0.4, 0.5) is 23.0 Å². The average Bonchev–Trinajstić information content (AvgIpc) is 2.94. The van der Waals surface area contributed by atoms with E-state index in [-0.39, 0.29) is 17.9 Å². The minimum Gasteiger partial charge on any atom is -0.395 e. The van der Waals surface area contributed by atoms with E-state index in [1.165, 1.54) is 24.8 Å². The van der Waals surface area contributed by atoms with Crippen LogP contribution < -0.4 is 21.1 Å². The van der Waals surface area contributed by atoms with Crippen molar-refractivity contribution in [2.75, 3.05) is 54.9 Å². The predicted molar refractivity (Wildman–Crippen MR) is 145 cm³/mol. The second-order valence-corrected chi connectivity index (χ2v) is 8.70. The van der Waals surface area contributed by atoms with Gasteiger partial charge >= 0.3 is 0 Å². The molecule has 194 valence electrons. The fourth-order valence-corrected chi connectivity index (χ4v) is 4.27. The second kappa shape index (κ2) is 11.2. The largest absolute Gasteiger partial charge is 0.395 e. The molecule has 1 aliphatic rings. The molecule has 4 aromatic rings. The van der Waals surface area contributed by atoms with Gasteiger partial charge in [-0.1, -0.05) is 6.58 Å². The molecule has 0 atom stereocenters. The third kappa shape index (κ3) is 5.51. The fourth-order valence-electron chi connectivity index (χ4n) is 4.27. The molecule has 3 aromatic heterocycles. The highest BCUT2D eigenvalue weighted by atomic mass is 16.3. The third-order valence-corrected chi connectivity index (χ3v) is 6.25. The van der Waals surface area contributed by atoms with Crippen molar-refractivity contribution in [3.8, 4) is 5.69 Å². The Morgan fingerprint density at radius 2 is 1.82 bits per heavy atom. The van der Waals surface area contributed by atoms with E-state index in [0.717, 1.165) is 37.6 Å². The average molecular weight is 514 g/mol. The number of benzene rings is 1. The Labute approximate surface area is 218 Å². The molecule has 0 aliphatic carbocycles. The molecule has 4 heterocycles. The van der Waals surface area contributed by atoms with Crippen LogP contribution in [-0.4, -0.2) is 79.7 Å². The standard InChI is InChI=1S/C26H27N9O3/c1-2-23(37)30-19-13-21(15-27-14-19)35-17-29-25(38)22-16-28-26(32-24(22)35)31-18-3-5-20(6-4-18)34-9-7-33(8-10-34)11-12-36/h2-6,13-17,36H,1,7-12H2,(H,30,37)(H,28,31,32). The first-order valence-corrected chi connectivity index (χ1v) is 12.1. The van der Waals surface area contributed by atoms with E-state index in [4.69, 9.17) is 5.11 Å². The summed E-state index contributed by atoms with van der Waals surface area (Å²) in [6.07, 6.45) is 7.05. The van der Waals surface area contributed by atoms with Crippen molar-refractivity contribution in [1.29, 1.82) is 0 Å². The number of anilines is 4. The zero-order chi connectivity index (χ0) is 26.5. The zero-order valence-electron chi connectivity index (χ0n) is 20.6. The van der Waals surface area contributed by atoms with Crippen LogP contribution in [0.15, 0.2) is 72.7 Å². The number of nitrogens with zero attached hydrogens (tertiary/aromatic N) is 7. The molecule has 1 fully saturated rings. The second-order valence-electron chi connectivity index (χ2n) is 8.70. The topological polar surface area (TPSA) is 141 Å². The minimum absolute atomic E-state index is 0.182. The molecule has 1 saturated heterocycles. The third-order valence-electron chi connectivity index (χ3n) is 6.25. The quantitative estimate of drug-likeness (QED) is 0.297. The van der Waals surface area contributed by atoms with E-state index >= 15 is 0 Å². The van der Waals surface area contributed by atoms with Crippen molar-refractivity contribution in [3.63, 3.8) is 0 Å². The number of hydrogen-bond acceptors (Lipinski definition) is 10. The van der Waals surface area contributed by atoms with Gasteiger partial charge in [0, 0.05) is 50.3 Å². The Morgan fingerprint density at radius 1 is 1.03 bits per heavy atom. The van der Waals surface area contributed by atoms with Gasteiger partial charge < -0.3 is 20.6 Å². The molecule has 1 aromatic carbocycles. The molecule has 3 N–H and O–H groups in total. The van der Waals surface area contributed by atoms with E-state index in [1.807, 2.05) is 24.3 Å². The highest BCUT2D eigenvalue weighted by Crippen LogP contribution is 2.22. The number of rotatable bonds is 8. The highest BCUT2D eigenvalue weighted by Gasteiger charge is 2.17. The Kier molecular flexibility index (Phi) is 7.33. The lowest BCUT2D eigenvalue weighted by atomic mass is 10.2. The predicted octanol–water partition coefficient (Wildman–Crippen LogP) is 1.55. The molecule has 0 unspecified atom stereocenters. The number of piperazine rings is 1. The molecule has 12 heteroatoms. The number of amides is 1. The lowest BCUT2D eigenvalue weighted by Gasteiger charge is -2.35. The maximum Gasteiger partial charge on any atom is 0.283 e. The maximum atomic E-state index is 12.4. The molecule has 5 rings (SSSR count). The molecular formula is C26H27N9O3. The van der Waals surface area contributed by atoms with Crippen molar-refractivity contribution < 1.29 is 9.90 Å². The van der Waals surface area contributed by atoms with Crippen LogP contribution in [0.2, 0.25) is 0 Å². The lowest BCUT2D eigenvalue weighted by Crippen LogP contribution is -2.47. The summed E-state index contributed by atoms with van der Waals surface area (Å²) < 4.78 is 1.61. The van der Waals surface area contributed by atoms with Crippen molar-refractivity contribution in [3.05, 3.63) is 78.3 Å². The van der Waals surface area contributed by atoms with Gasteiger partial charge in [0.2, 0.25) is 11.9 Å². The Bertz CT molecular complexity index is 1510. The number of β-amino-alcohol motifs (C(OH)–C–C–N with tert-alkyl or cyclic N) is 1. The number of aliphatic hydroxyl groups excluding tert-OH is 1. The summed E-state index contributed by atoms with van der Waals surface area (Å²) in [6.45, 7) is 7.98. The summed E-state index contributed by atoms with van der Waals surface area (Å²) in [5, 5.41) is 15.2. The van der Waals surface area contributed by atoms with Crippen molar-refractivity contribution in [2.45, 2.75) is 0 Å². The van der Waals surface area contributed by atoms with Crippen LogP contribution in [0.1, 0.15) is 0 Å². The van der Waals surface area contributed by atoms with Gasteiger partial charge in [-0.2, -0.15) is 9.97 Å². The Balaban J connectivity index is 1.37. The molecule has 1 aliphatic heterocycles. The van der Waals surface area contributed by atoms with Crippen LogP contribution in [0, 0.1) is 0 Å². The first-order chi connectivity index (χ1) is 18.5. The molecule has 12 nitrogen and oxygen atoms in total. The van der Waals surface area contributed by atoms with Crippen molar-refractivity contribution in [2.24, 2.45) is 0 Å². The van der Waals surface area contributed by atoms with Crippen LogP contribution in [0.3, 0.4) is 0 Å². The van der Waals surface area contributed by atoms with E-state index in [2.05, 4.69) is 46.9 Å². The number of carbonyl (C=O) groups is 1. The fraction of sp³-hybridized carbons (Fsp3) is 0.231. The number of hydrogen-bond donors (Lipinski definition) is 3. The molecule has 38 heavy (non-hydrogen) atoms. The Morgan fingerprint density at radius 3 is 2.55 bits per heavy atom. The van der Waals surface area contributed by atoms with Crippen LogP contribution >= 0.6 is 0 Å². The minimum atomic E-state index is -0.449. The molecule has 0 bridgehead atoms. The lowest BCUT2D eigenvalue weighted by molar-refractivity contribution is -0.111. The van der Waals surface area contributed by atoms with Gasteiger partial charge in [-0.15, -0.1) is 0 Å². The van der Waals surface area contributed by atoms with Gasteiger partial charge in [-0.3, -0.25) is 24.0 Å². The highest BCUT2D eigenvalue weighted by molar-refractivity contribution is 5.98. The summed E-state index contributed by atoms with van der Waals surface area (Å²) in [4.78, 5) is 45.7. The van der Waals surface area contributed by atoms with E-state index < -0.39 is 5.56 Å². The number of carbonyl (C=O) groups excluding carboxylic acids is 1. The normalized spacial score (nSPS) is 13.9. The van der Waals surface area contributed by atoms with Gasteiger partial charge in [-0.05, 0) is 36.4 Å². The van der Waals surface area contributed by atoms with Gasteiger partial charge in [0.1, 0.15) is 11.7 Å². The van der Waals surface area contributed by atoms with Crippen LogP contribution in [-0.2, 0) is 4.79 Å². The van der Waals surface area contributed by atoms with Crippen molar-refractivity contribution >= 4 is 40.0 Å². The summed E-state index contributed by atoms with van der Waals surface area (Å²) >= 11 is 0. The molecule has 0 radical (unpaired) electrons. The van der Waals surface area contributed by atoms with Crippen LogP contribution in [0.25, 0.3) is 16.7 Å². The molecule has 1 amide bonds. The number of nitrogens with one attached hydrogen (secondary N) is 2. The first-order valence-electron chi connectivity index (χ1n) is 12.1. The SMILES string of the molecule is C=CC(=O)Nc1cncc(-n2cnc(=O)c3cnc(Nc4ccc(N5CCN(CCO)CC5)cc4)nc32)c1. The molecular weight excluding hydrogens is 486 g/mol. The number of aliphatic hydroxyl groups is 1. The summed E-state index contributed by atoms with van der Waals surface area (Å²) in [5.74, 6) is -0.0538. The number of aromatic nitrogens is 5. The molecule has 0 saturated carbocycles. The van der Waals surface area contributed by atoms with Gasteiger partial charge in [0.05, 0.1) is 30.4 Å². The number of pyridine rings is 1. The summed E-state index contributed by atoms with van der Waals surface area (Å²) in [5.41, 5.74) is 2.82. The first kappa shape index (κ1) is 25.0. The zero-order valence-corrected chi connectivity index (χ0v) is 20.6. The Hall–Kier alpha value is -4.68. The van der Waals surface area contributed by atoms with Gasteiger partial charge in [0.25, 0.3) is 5.56 Å². The van der Waals surface area contributed by atoms with Crippen molar-refractivity contribution in [1.82, 2.24) is 29.4 Å². The van der Waals surface area contributed by atoms with E-state index in [9.17, 15) is 9.59 Å². The van der Waals surface area contributed by atoms with E-state index in [1.54, 1.807) is 16.8 Å². The number of fused-ring (bicyclic) bond motifs is 1. The van der Waals surface area contributed by atoms with Gasteiger partial charge in [0.15, 0.2) is 5.65 Å².